The van der Waals surface area contributed by atoms with Crippen molar-refractivity contribution < 1.29 is 18.7 Å². The van der Waals surface area contributed by atoms with Crippen molar-refractivity contribution in [3.8, 4) is 0 Å². The number of hydrogen-bond donors (Lipinski definition) is 2. The van der Waals surface area contributed by atoms with Gasteiger partial charge in [-0.25, -0.2) is 4.39 Å². The van der Waals surface area contributed by atoms with Crippen molar-refractivity contribution in [2.45, 2.75) is 24.6 Å². The van der Waals surface area contributed by atoms with Crippen LogP contribution in [0.15, 0.2) is 60.9 Å². The van der Waals surface area contributed by atoms with Crippen LogP contribution in [0.25, 0.3) is 0 Å². The maximum atomic E-state index is 13.4. The van der Waals surface area contributed by atoms with Crippen LogP contribution in [0.2, 0.25) is 0 Å². The minimum atomic E-state index is -1.01. The van der Waals surface area contributed by atoms with Crippen molar-refractivity contribution in [1.29, 1.82) is 0 Å². The molecule has 0 fully saturated rings. The zero-order chi connectivity index (χ0) is 22.0. The number of amides is 2. The van der Waals surface area contributed by atoms with Crippen LogP contribution in [0.5, 0.6) is 0 Å². The van der Waals surface area contributed by atoms with E-state index in [2.05, 4.69) is 15.7 Å². The predicted octanol–water partition coefficient (Wildman–Crippen LogP) is 2.46. The summed E-state index contributed by atoms with van der Waals surface area (Å²) in [6.07, 6.45) is 3.31. The molecule has 4 rings (SSSR count). The van der Waals surface area contributed by atoms with Gasteiger partial charge in [0, 0.05) is 20.4 Å². The number of nitrogens with zero attached hydrogens (tertiary/aromatic N) is 2. The summed E-state index contributed by atoms with van der Waals surface area (Å²) >= 11 is 0. The highest BCUT2D eigenvalue weighted by atomic mass is 19.1. The maximum Gasteiger partial charge on any atom is 0.255 e. The zero-order valence-corrected chi connectivity index (χ0v) is 17.2. The lowest BCUT2D eigenvalue weighted by Gasteiger charge is -2.24. The summed E-state index contributed by atoms with van der Waals surface area (Å²) in [7, 11) is 3.30. The average molecular weight is 422 g/mol. The molecule has 1 aromatic heterocycles. The first-order valence-electron chi connectivity index (χ1n) is 9.92. The lowest BCUT2D eigenvalue weighted by Crippen LogP contribution is -2.46. The normalized spacial score (nSPS) is 18.3. The fourth-order valence-corrected chi connectivity index (χ4v) is 3.95. The second kappa shape index (κ2) is 8.69. The lowest BCUT2D eigenvalue weighted by atomic mass is 10.0. The number of aromatic nitrogens is 2. The molecule has 0 saturated carbocycles. The van der Waals surface area contributed by atoms with Crippen LogP contribution in [0.3, 0.4) is 0 Å². The van der Waals surface area contributed by atoms with Gasteiger partial charge in [-0.05, 0) is 35.2 Å². The van der Waals surface area contributed by atoms with Crippen molar-refractivity contribution in [1.82, 2.24) is 20.4 Å². The Morgan fingerprint density at radius 1 is 1.19 bits per heavy atom. The van der Waals surface area contributed by atoms with Crippen molar-refractivity contribution in [2.75, 3.05) is 7.11 Å². The van der Waals surface area contributed by atoms with Gasteiger partial charge in [-0.15, -0.1) is 0 Å². The third kappa shape index (κ3) is 4.34. The van der Waals surface area contributed by atoms with Gasteiger partial charge in [-0.1, -0.05) is 36.4 Å². The monoisotopic (exact) mass is 422 g/mol. The van der Waals surface area contributed by atoms with Crippen molar-refractivity contribution in [3.05, 3.63) is 89.0 Å². The van der Waals surface area contributed by atoms with Crippen LogP contribution in [-0.4, -0.2) is 34.7 Å². The van der Waals surface area contributed by atoms with E-state index in [-0.39, 0.29) is 12.1 Å². The van der Waals surface area contributed by atoms with E-state index in [9.17, 15) is 14.0 Å². The standard InChI is InChI=1S/C23H23FN4O3/c1-28-13-16(12-25-28)22(29)27-20(14-7-9-17(24)10-8-14)23(30)26-19-11-15-5-3-4-6-18(15)21(19)31-2/h3-10,12-13,19-21H,11H2,1-2H3,(H,26,30)(H,27,29). The number of benzene rings is 2. The first-order chi connectivity index (χ1) is 15.0. The van der Waals surface area contributed by atoms with Gasteiger partial charge in [-0.2, -0.15) is 5.10 Å². The van der Waals surface area contributed by atoms with Gasteiger partial charge in [0.05, 0.1) is 17.8 Å². The fraction of sp³-hybridized carbons (Fsp3) is 0.261. The number of nitrogens with one attached hydrogen (secondary N) is 2. The van der Waals surface area contributed by atoms with E-state index in [1.165, 1.54) is 35.1 Å². The zero-order valence-electron chi connectivity index (χ0n) is 17.2. The number of hydrogen-bond acceptors (Lipinski definition) is 4. The summed E-state index contributed by atoms with van der Waals surface area (Å²) in [5.41, 5.74) is 2.94. The summed E-state index contributed by atoms with van der Waals surface area (Å²) < 4.78 is 20.6. The van der Waals surface area contributed by atoms with Crippen LogP contribution in [0.1, 0.15) is 39.2 Å². The Labute approximate surface area is 179 Å². The first kappa shape index (κ1) is 20.7. The Morgan fingerprint density at radius 2 is 1.94 bits per heavy atom. The van der Waals surface area contributed by atoms with E-state index in [1.807, 2.05) is 24.3 Å². The molecule has 0 spiro atoms. The number of rotatable bonds is 6. The molecule has 0 bridgehead atoms. The molecule has 31 heavy (non-hydrogen) atoms. The minimum absolute atomic E-state index is 0.284. The van der Waals surface area contributed by atoms with Crippen LogP contribution >= 0.6 is 0 Å². The third-order valence-electron chi connectivity index (χ3n) is 5.46. The molecule has 2 aromatic carbocycles. The largest absolute Gasteiger partial charge is 0.375 e. The molecule has 0 aliphatic heterocycles. The number of halogens is 1. The highest BCUT2D eigenvalue weighted by molar-refractivity contribution is 5.97. The van der Waals surface area contributed by atoms with Gasteiger partial charge in [0.15, 0.2) is 0 Å². The Bertz CT molecular complexity index is 1100. The Balaban J connectivity index is 1.57. The summed E-state index contributed by atoms with van der Waals surface area (Å²) in [5, 5.41) is 9.74. The van der Waals surface area contributed by atoms with E-state index in [0.29, 0.717) is 17.5 Å². The smallest absolute Gasteiger partial charge is 0.255 e. The lowest BCUT2D eigenvalue weighted by molar-refractivity contribution is -0.124. The maximum absolute atomic E-state index is 13.4. The van der Waals surface area contributed by atoms with Crippen molar-refractivity contribution in [3.63, 3.8) is 0 Å². The van der Waals surface area contributed by atoms with Crippen molar-refractivity contribution >= 4 is 11.8 Å². The molecule has 1 heterocycles. The van der Waals surface area contributed by atoms with Crippen LogP contribution in [0.4, 0.5) is 4.39 Å². The summed E-state index contributed by atoms with van der Waals surface area (Å²) in [4.78, 5) is 26.0. The number of ether oxygens (including phenoxy) is 1. The molecular weight excluding hydrogens is 399 g/mol. The molecule has 0 radical (unpaired) electrons. The summed E-state index contributed by atoms with van der Waals surface area (Å²) in [6.45, 7) is 0. The highest BCUT2D eigenvalue weighted by Crippen LogP contribution is 2.34. The summed E-state index contributed by atoms with van der Waals surface area (Å²) in [6, 6.07) is 12.1. The molecule has 1 aliphatic carbocycles. The molecule has 3 aromatic rings. The van der Waals surface area contributed by atoms with E-state index in [1.54, 1.807) is 20.4 Å². The second-order valence-corrected chi connectivity index (χ2v) is 7.54. The van der Waals surface area contributed by atoms with E-state index in [0.717, 1.165) is 11.1 Å². The van der Waals surface area contributed by atoms with E-state index < -0.39 is 23.7 Å². The van der Waals surface area contributed by atoms with Crippen LogP contribution < -0.4 is 10.6 Å². The Hall–Kier alpha value is -3.52. The first-order valence-corrected chi connectivity index (χ1v) is 9.92. The number of aryl methyl sites for hydroxylation is 1. The van der Waals surface area contributed by atoms with Gasteiger partial charge in [0.25, 0.3) is 5.91 Å². The molecule has 8 heteroatoms. The van der Waals surface area contributed by atoms with Gasteiger partial charge in [0.1, 0.15) is 18.0 Å². The van der Waals surface area contributed by atoms with Crippen molar-refractivity contribution in [2.24, 2.45) is 7.05 Å². The molecule has 1 aliphatic rings. The Morgan fingerprint density at radius 3 is 2.61 bits per heavy atom. The molecule has 0 saturated heterocycles. The highest BCUT2D eigenvalue weighted by Gasteiger charge is 2.35. The fourth-order valence-electron chi connectivity index (χ4n) is 3.95. The van der Waals surface area contributed by atoms with E-state index >= 15 is 0 Å². The van der Waals surface area contributed by atoms with Gasteiger partial charge >= 0.3 is 0 Å². The molecule has 160 valence electrons. The minimum Gasteiger partial charge on any atom is -0.375 e. The van der Waals surface area contributed by atoms with Crippen LogP contribution in [-0.2, 0) is 23.0 Å². The average Bonchev–Trinajstić information content (AvgIpc) is 3.35. The van der Waals surface area contributed by atoms with Gasteiger partial charge in [0.2, 0.25) is 5.91 Å². The molecule has 7 nitrogen and oxygen atoms in total. The number of carbonyl (C=O) groups excluding carboxylic acids is 2. The molecule has 3 unspecified atom stereocenters. The molecule has 2 N–H and O–H groups in total. The SMILES string of the molecule is COC1c2ccccc2CC1NC(=O)C(NC(=O)c1cnn(C)c1)c1ccc(F)cc1. The van der Waals surface area contributed by atoms with Gasteiger partial charge < -0.3 is 15.4 Å². The predicted molar refractivity (Wildman–Crippen MR) is 112 cm³/mol. The molecular formula is C23H23FN4O3. The topological polar surface area (TPSA) is 85.2 Å². The number of methoxy groups -OCH3 is 1. The number of fused-ring (bicyclic) bond motifs is 1. The van der Waals surface area contributed by atoms with Crippen LogP contribution in [0, 0.1) is 5.82 Å². The quantitative estimate of drug-likeness (QED) is 0.639. The molecule has 3 atom stereocenters. The second-order valence-electron chi connectivity index (χ2n) is 7.54. The van der Waals surface area contributed by atoms with Gasteiger partial charge in [-0.3, -0.25) is 14.3 Å². The van der Waals surface area contributed by atoms with E-state index in [4.69, 9.17) is 4.74 Å². The summed E-state index contributed by atoms with van der Waals surface area (Å²) in [5.74, 6) is -1.27. The number of carbonyl (C=O) groups is 2. The molecule has 2 amide bonds. The third-order valence-corrected chi connectivity index (χ3v) is 5.46. The Kier molecular flexibility index (Phi) is 5.81.